The van der Waals surface area contributed by atoms with E-state index in [1.54, 1.807) is 6.29 Å². The van der Waals surface area contributed by atoms with Crippen molar-refractivity contribution >= 4 is 12.2 Å². The number of carbonyl (C=O) groups is 1. The SMILES string of the molecule is CCCCCCCCCC(=O)NC[C]=O. The van der Waals surface area contributed by atoms with Crippen LogP contribution in [0.2, 0.25) is 0 Å². The van der Waals surface area contributed by atoms with Crippen LogP contribution in [0.1, 0.15) is 58.3 Å². The molecule has 0 aliphatic carbocycles. The van der Waals surface area contributed by atoms with E-state index in [0.29, 0.717) is 6.42 Å². The lowest BCUT2D eigenvalue weighted by Gasteiger charge is -2.01. The first-order valence-electron chi connectivity index (χ1n) is 5.93. The van der Waals surface area contributed by atoms with Crippen molar-refractivity contribution < 1.29 is 9.59 Å². The summed E-state index contributed by atoms with van der Waals surface area (Å²) in [6, 6.07) is 0. The van der Waals surface area contributed by atoms with Crippen molar-refractivity contribution in [3.63, 3.8) is 0 Å². The summed E-state index contributed by atoms with van der Waals surface area (Å²) >= 11 is 0. The second-order valence-electron chi connectivity index (χ2n) is 3.79. The molecule has 0 atom stereocenters. The largest absolute Gasteiger partial charge is 0.349 e. The maximum absolute atomic E-state index is 11.0. The molecular formula is C12H22NO2. The fraction of sp³-hybridized carbons (Fsp3) is 0.833. The van der Waals surface area contributed by atoms with Crippen LogP contribution in [0, 0.1) is 0 Å². The average molecular weight is 212 g/mol. The van der Waals surface area contributed by atoms with Gasteiger partial charge in [0.2, 0.25) is 12.2 Å². The molecule has 0 fully saturated rings. The number of amides is 1. The number of rotatable bonds is 10. The van der Waals surface area contributed by atoms with E-state index in [0.717, 1.165) is 12.8 Å². The molecule has 1 amide bonds. The smallest absolute Gasteiger partial charge is 0.220 e. The van der Waals surface area contributed by atoms with Gasteiger partial charge in [-0.3, -0.25) is 9.59 Å². The van der Waals surface area contributed by atoms with Crippen LogP contribution >= 0.6 is 0 Å². The molecule has 1 radical (unpaired) electrons. The quantitative estimate of drug-likeness (QED) is 0.565. The molecule has 0 aromatic carbocycles. The zero-order valence-corrected chi connectivity index (χ0v) is 9.68. The van der Waals surface area contributed by atoms with Crippen molar-refractivity contribution in [3.05, 3.63) is 0 Å². The first kappa shape index (κ1) is 14.1. The van der Waals surface area contributed by atoms with Gasteiger partial charge in [-0.25, -0.2) is 0 Å². The molecule has 0 saturated heterocycles. The Balaban J connectivity index is 3.09. The topological polar surface area (TPSA) is 46.2 Å². The Morgan fingerprint density at radius 3 is 2.27 bits per heavy atom. The zero-order chi connectivity index (χ0) is 11.4. The summed E-state index contributed by atoms with van der Waals surface area (Å²) in [6.45, 7) is 2.23. The van der Waals surface area contributed by atoms with E-state index in [2.05, 4.69) is 12.2 Å². The second kappa shape index (κ2) is 11.2. The van der Waals surface area contributed by atoms with Gasteiger partial charge >= 0.3 is 0 Å². The highest BCUT2D eigenvalue weighted by atomic mass is 16.2. The maximum atomic E-state index is 11.0. The molecule has 0 rings (SSSR count). The minimum absolute atomic E-state index is 0.0231. The van der Waals surface area contributed by atoms with Crippen LogP contribution in [0.3, 0.4) is 0 Å². The summed E-state index contributed by atoms with van der Waals surface area (Å²) in [6.07, 6.45) is 10.6. The molecular weight excluding hydrogens is 190 g/mol. The van der Waals surface area contributed by atoms with E-state index >= 15 is 0 Å². The van der Waals surface area contributed by atoms with Crippen LogP contribution in [0.25, 0.3) is 0 Å². The van der Waals surface area contributed by atoms with Crippen molar-refractivity contribution in [2.24, 2.45) is 0 Å². The molecule has 0 heterocycles. The molecule has 0 aromatic heterocycles. The van der Waals surface area contributed by atoms with Gasteiger partial charge in [0.25, 0.3) is 0 Å². The molecule has 0 bridgehead atoms. The summed E-state index contributed by atoms with van der Waals surface area (Å²) in [4.78, 5) is 20.9. The van der Waals surface area contributed by atoms with Crippen molar-refractivity contribution in [1.29, 1.82) is 0 Å². The van der Waals surface area contributed by atoms with Crippen molar-refractivity contribution in [2.45, 2.75) is 58.3 Å². The Labute approximate surface area is 92.6 Å². The minimum Gasteiger partial charge on any atom is -0.349 e. The predicted molar refractivity (Wildman–Crippen MR) is 61.3 cm³/mol. The van der Waals surface area contributed by atoms with Gasteiger partial charge in [-0.2, -0.15) is 0 Å². The molecule has 0 aliphatic rings. The van der Waals surface area contributed by atoms with Crippen LogP contribution in [-0.2, 0) is 9.59 Å². The highest BCUT2D eigenvalue weighted by Crippen LogP contribution is 2.07. The summed E-state index contributed by atoms with van der Waals surface area (Å²) < 4.78 is 0. The highest BCUT2D eigenvalue weighted by molar-refractivity contribution is 5.78. The fourth-order valence-electron chi connectivity index (χ4n) is 1.47. The summed E-state index contributed by atoms with van der Waals surface area (Å²) in [5.74, 6) is -0.0353. The molecule has 3 nitrogen and oxygen atoms in total. The number of hydrogen-bond donors (Lipinski definition) is 1. The molecule has 87 valence electrons. The van der Waals surface area contributed by atoms with Gasteiger partial charge in [-0.15, -0.1) is 0 Å². The third kappa shape index (κ3) is 11.1. The summed E-state index contributed by atoms with van der Waals surface area (Å²) in [5.41, 5.74) is 0. The molecule has 3 heteroatoms. The van der Waals surface area contributed by atoms with Crippen LogP contribution in [0.5, 0.6) is 0 Å². The Morgan fingerprint density at radius 1 is 1.07 bits per heavy atom. The Hall–Kier alpha value is -0.860. The number of unbranched alkanes of at least 4 members (excludes halogenated alkanes) is 6. The monoisotopic (exact) mass is 212 g/mol. The average Bonchev–Trinajstić information content (AvgIpc) is 2.25. The Bertz CT molecular complexity index is 169. The molecule has 0 unspecified atom stereocenters. The van der Waals surface area contributed by atoms with Crippen LogP contribution < -0.4 is 5.32 Å². The van der Waals surface area contributed by atoms with E-state index in [4.69, 9.17) is 0 Å². The Morgan fingerprint density at radius 2 is 1.67 bits per heavy atom. The van der Waals surface area contributed by atoms with E-state index in [1.165, 1.54) is 32.1 Å². The summed E-state index contributed by atoms with van der Waals surface area (Å²) in [7, 11) is 0. The molecule has 1 N–H and O–H groups in total. The standard InChI is InChI=1S/C12H22NO2/c1-2-3-4-5-6-7-8-9-12(15)13-10-11-14/h2-10H2,1H3,(H,13,15). The fourth-order valence-corrected chi connectivity index (χ4v) is 1.47. The molecule has 0 aromatic rings. The first-order chi connectivity index (χ1) is 7.31. The molecule has 0 saturated carbocycles. The normalized spacial score (nSPS) is 9.93. The van der Waals surface area contributed by atoms with Crippen molar-refractivity contribution in [2.75, 3.05) is 6.54 Å². The van der Waals surface area contributed by atoms with Gasteiger partial charge in [0.1, 0.15) is 0 Å². The zero-order valence-electron chi connectivity index (χ0n) is 9.68. The summed E-state index contributed by atoms with van der Waals surface area (Å²) in [5, 5.41) is 2.48. The lowest BCUT2D eigenvalue weighted by Crippen LogP contribution is -2.24. The number of nitrogens with one attached hydrogen (secondary N) is 1. The Kier molecular flexibility index (Phi) is 10.6. The van der Waals surface area contributed by atoms with Crippen molar-refractivity contribution in [3.8, 4) is 0 Å². The lowest BCUT2D eigenvalue weighted by atomic mass is 10.1. The minimum atomic E-state index is -0.0353. The van der Waals surface area contributed by atoms with E-state index in [-0.39, 0.29) is 12.5 Å². The van der Waals surface area contributed by atoms with Crippen LogP contribution in [0.15, 0.2) is 0 Å². The van der Waals surface area contributed by atoms with E-state index in [1.807, 2.05) is 0 Å². The van der Waals surface area contributed by atoms with Gasteiger partial charge in [0.15, 0.2) is 0 Å². The molecule has 0 spiro atoms. The van der Waals surface area contributed by atoms with E-state index in [9.17, 15) is 9.59 Å². The van der Waals surface area contributed by atoms with Gasteiger partial charge in [0, 0.05) is 6.42 Å². The molecule has 0 aliphatic heterocycles. The van der Waals surface area contributed by atoms with Crippen LogP contribution in [0.4, 0.5) is 0 Å². The van der Waals surface area contributed by atoms with Gasteiger partial charge in [0.05, 0.1) is 6.54 Å². The third-order valence-electron chi connectivity index (χ3n) is 2.37. The first-order valence-corrected chi connectivity index (χ1v) is 5.93. The lowest BCUT2D eigenvalue weighted by molar-refractivity contribution is -0.120. The second-order valence-corrected chi connectivity index (χ2v) is 3.79. The number of hydrogen-bond acceptors (Lipinski definition) is 2. The highest BCUT2D eigenvalue weighted by Gasteiger charge is 1.99. The van der Waals surface area contributed by atoms with Gasteiger partial charge in [-0.1, -0.05) is 45.4 Å². The third-order valence-corrected chi connectivity index (χ3v) is 2.37. The van der Waals surface area contributed by atoms with Crippen LogP contribution in [-0.4, -0.2) is 18.7 Å². The predicted octanol–water partition coefficient (Wildman–Crippen LogP) is 2.35. The van der Waals surface area contributed by atoms with Gasteiger partial charge in [-0.05, 0) is 6.42 Å². The molecule has 15 heavy (non-hydrogen) atoms. The van der Waals surface area contributed by atoms with Crippen molar-refractivity contribution in [1.82, 2.24) is 5.32 Å². The maximum Gasteiger partial charge on any atom is 0.220 e. The number of carbonyl (C=O) groups excluding carboxylic acids is 2. The van der Waals surface area contributed by atoms with Gasteiger partial charge < -0.3 is 5.32 Å². The van der Waals surface area contributed by atoms with E-state index < -0.39 is 0 Å².